The average molecular weight is 567 g/mol. The summed E-state index contributed by atoms with van der Waals surface area (Å²) in [4.78, 5) is 45.3. The van der Waals surface area contributed by atoms with E-state index in [4.69, 9.17) is 18.9 Å². The van der Waals surface area contributed by atoms with Gasteiger partial charge in [0.05, 0.1) is 39.6 Å². The largest absolute Gasteiger partial charge is 0.497 e. The Balaban J connectivity index is 1.63. The summed E-state index contributed by atoms with van der Waals surface area (Å²) in [6, 6.07) is 11.1. The summed E-state index contributed by atoms with van der Waals surface area (Å²) in [7, 11) is 6.27. The Kier molecular flexibility index (Phi) is 9.38. The molecule has 220 valence electrons. The highest BCUT2D eigenvalue weighted by molar-refractivity contribution is 5.96. The maximum Gasteiger partial charge on any atom is 0.338 e. The summed E-state index contributed by atoms with van der Waals surface area (Å²) in [5.41, 5.74) is 2.03. The lowest BCUT2D eigenvalue weighted by Crippen LogP contribution is -2.56. The molecule has 0 bridgehead atoms. The zero-order valence-corrected chi connectivity index (χ0v) is 24.4. The van der Waals surface area contributed by atoms with Crippen molar-refractivity contribution in [3.63, 3.8) is 0 Å². The lowest BCUT2D eigenvalue weighted by Gasteiger charge is -2.42. The number of urea groups is 1. The molecule has 3 amide bonds. The van der Waals surface area contributed by atoms with Gasteiger partial charge in [0.15, 0.2) is 11.5 Å². The van der Waals surface area contributed by atoms with Gasteiger partial charge >= 0.3 is 12.0 Å². The second kappa shape index (κ2) is 12.9. The molecule has 0 radical (unpaired) electrons. The van der Waals surface area contributed by atoms with E-state index in [1.54, 1.807) is 63.5 Å². The maximum atomic E-state index is 13.4. The average Bonchev–Trinajstić information content (AvgIpc) is 2.98. The van der Waals surface area contributed by atoms with Crippen molar-refractivity contribution in [3.8, 4) is 17.2 Å². The highest BCUT2D eigenvalue weighted by Gasteiger charge is 2.40. The first-order valence-corrected chi connectivity index (χ1v) is 13.6. The number of likely N-dealkylation sites (N-methyl/N-ethyl adjacent to an activating group) is 1. The summed E-state index contributed by atoms with van der Waals surface area (Å²) in [5.74, 6) is 1.02. The lowest BCUT2D eigenvalue weighted by atomic mass is 9.93. The number of esters is 1. The minimum Gasteiger partial charge on any atom is -0.497 e. The Morgan fingerprint density at radius 1 is 1.00 bits per heavy atom. The number of piperazine rings is 1. The predicted molar refractivity (Wildman–Crippen MR) is 152 cm³/mol. The summed E-state index contributed by atoms with van der Waals surface area (Å²) in [6.07, 6.45) is 0. The Hall–Kier alpha value is -4.25. The molecule has 1 saturated heterocycles. The molecule has 2 aliphatic rings. The van der Waals surface area contributed by atoms with E-state index in [2.05, 4.69) is 10.2 Å². The zero-order valence-electron chi connectivity index (χ0n) is 24.4. The third-order valence-corrected chi connectivity index (χ3v) is 7.50. The number of hydrogen-bond acceptors (Lipinski definition) is 8. The number of benzene rings is 2. The number of rotatable bonds is 9. The van der Waals surface area contributed by atoms with Crippen molar-refractivity contribution >= 4 is 17.9 Å². The summed E-state index contributed by atoms with van der Waals surface area (Å²) in [6.45, 7) is 5.85. The molecular formula is C30H38N4O7. The molecule has 1 N–H and O–H groups in total. The van der Waals surface area contributed by atoms with Crippen LogP contribution in [0.3, 0.4) is 0 Å². The number of nitrogens with zero attached hydrogens (tertiary/aromatic N) is 3. The first kappa shape index (κ1) is 29.7. The third-order valence-electron chi connectivity index (χ3n) is 7.50. The number of amides is 3. The van der Waals surface area contributed by atoms with Gasteiger partial charge < -0.3 is 29.2 Å². The van der Waals surface area contributed by atoms with Crippen LogP contribution in [0.15, 0.2) is 53.7 Å². The molecule has 0 unspecified atom stereocenters. The molecule has 11 nitrogen and oxygen atoms in total. The second-order valence-electron chi connectivity index (χ2n) is 9.92. The van der Waals surface area contributed by atoms with Gasteiger partial charge in [-0.3, -0.25) is 14.6 Å². The zero-order chi connectivity index (χ0) is 29.7. The molecule has 0 aliphatic carbocycles. The fraction of sp³-hybridized carbons (Fsp3) is 0.433. The molecule has 11 heteroatoms. The molecule has 2 heterocycles. The van der Waals surface area contributed by atoms with Crippen LogP contribution in [0.25, 0.3) is 0 Å². The van der Waals surface area contributed by atoms with Crippen LogP contribution in [0.1, 0.15) is 35.8 Å². The summed E-state index contributed by atoms with van der Waals surface area (Å²) >= 11 is 0. The van der Waals surface area contributed by atoms with Crippen LogP contribution in [0.5, 0.6) is 17.2 Å². The molecule has 2 aromatic rings. The topological polar surface area (TPSA) is 110 Å². The van der Waals surface area contributed by atoms with Crippen molar-refractivity contribution in [2.24, 2.45) is 0 Å². The van der Waals surface area contributed by atoms with Crippen molar-refractivity contribution in [1.29, 1.82) is 0 Å². The first-order valence-electron chi connectivity index (χ1n) is 13.6. The minimum absolute atomic E-state index is 0.0504. The summed E-state index contributed by atoms with van der Waals surface area (Å²) < 4.78 is 21.8. The van der Waals surface area contributed by atoms with Gasteiger partial charge in [-0.2, -0.15) is 0 Å². The molecule has 1 fully saturated rings. The van der Waals surface area contributed by atoms with Gasteiger partial charge in [-0.05, 0) is 44.2 Å². The first-order chi connectivity index (χ1) is 19.7. The number of nitrogens with one attached hydrogen (secondary N) is 1. The molecule has 0 saturated carbocycles. The molecule has 4 rings (SSSR count). The fourth-order valence-electron chi connectivity index (χ4n) is 5.36. The van der Waals surface area contributed by atoms with Gasteiger partial charge in [-0.25, -0.2) is 9.59 Å². The molecule has 0 aromatic heterocycles. The van der Waals surface area contributed by atoms with Crippen LogP contribution in [-0.4, -0.2) is 99.8 Å². The van der Waals surface area contributed by atoms with E-state index in [1.165, 1.54) is 19.1 Å². The monoisotopic (exact) mass is 566 g/mol. The van der Waals surface area contributed by atoms with E-state index in [0.717, 1.165) is 0 Å². The summed E-state index contributed by atoms with van der Waals surface area (Å²) in [5, 5.41) is 2.93. The smallest absolute Gasteiger partial charge is 0.338 e. The number of carbonyl (C=O) groups excluding carboxylic acids is 3. The standard InChI is InChI=1S/C30H38N4O7/c1-7-41-29(36)25-23(32(3)30(37)31-26(25)22-9-8-10-24(39-5)27(22)40-6)18-33-15-16-34(19(2)17-33)28(35)20-11-13-21(38-4)14-12-20/h8-14,19,26H,7,15-18H2,1-6H3,(H,31,37)/t19-,26+/m1/s1. The van der Waals surface area contributed by atoms with Crippen LogP contribution in [0, 0.1) is 0 Å². The number of hydrogen-bond donors (Lipinski definition) is 1. The van der Waals surface area contributed by atoms with Crippen LogP contribution in [0.4, 0.5) is 4.79 Å². The van der Waals surface area contributed by atoms with E-state index >= 15 is 0 Å². The Bertz CT molecular complexity index is 1310. The molecular weight excluding hydrogens is 528 g/mol. The van der Waals surface area contributed by atoms with Gasteiger partial charge in [-0.1, -0.05) is 12.1 Å². The third kappa shape index (κ3) is 6.09. The number of para-hydroxylation sites is 1. The fourth-order valence-corrected chi connectivity index (χ4v) is 5.36. The normalized spacial score (nSPS) is 19.5. The van der Waals surface area contributed by atoms with E-state index in [9.17, 15) is 14.4 Å². The van der Waals surface area contributed by atoms with Crippen LogP contribution in [0.2, 0.25) is 0 Å². The number of carbonyl (C=O) groups is 3. The highest BCUT2D eigenvalue weighted by atomic mass is 16.5. The van der Waals surface area contributed by atoms with E-state index < -0.39 is 12.0 Å². The van der Waals surface area contributed by atoms with Gasteiger partial charge in [-0.15, -0.1) is 0 Å². The van der Waals surface area contributed by atoms with Crippen molar-refractivity contribution in [3.05, 3.63) is 64.9 Å². The van der Waals surface area contributed by atoms with E-state index in [-0.39, 0.29) is 24.6 Å². The number of methoxy groups -OCH3 is 3. The van der Waals surface area contributed by atoms with E-state index in [0.29, 0.717) is 65.8 Å². The van der Waals surface area contributed by atoms with Gasteiger partial charge in [0, 0.05) is 56.1 Å². The van der Waals surface area contributed by atoms with Crippen molar-refractivity contribution in [1.82, 2.24) is 20.0 Å². The highest BCUT2D eigenvalue weighted by Crippen LogP contribution is 2.40. The predicted octanol–water partition coefficient (Wildman–Crippen LogP) is 3.07. The van der Waals surface area contributed by atoms with Gasteiger partial charge in [0.1, 0.15) is 5.75 Å². The minimum atomic E-state index is -0.812. The molecule has 0 spiro atoms. The lowest BCUT2D eigenvalue weighted by molar-refractivity contribution is -0.139. The Labute approximate surface area is 240 Å². The van der Waals surface area contributed by atoms with Crippen molar-refractivity contribution < 1.29 is 33.3 Å². The van der Waals surface area contributed by atoms with E-state index in [1.807, 2.05) is 11.8 Å². The molecule has 2 atom stereocenters. The molecule has 2 aromatic carbocycles. The van der Waals surface area contributed by atoms with Crippen molar-refractivity contribution in [2.75, 3.05) is 61.2 Å². The van der Waals surface area contributed by atoms with Crippen LogP contribution in [-0.2, 0) is 9.53 Å². The number of ether oxygens (including phenoxy) is 4. The van der Waals surface area contributed by atoms with Crippen LogP contribution >= 0.6 is 0 Å². The Morgan fingerprint density at radius 3 is 2.34 bits per heavy atom. The maximum absolute atomic E-state index is 13.4. The SMILES string of the molecule is CCOC(=O)C1=C(CN2CCN(C(=O)c3ccc(OC)cc3)[C@H](C)C2)N(C)C(=O)N[C@H]1c1cccc(OC)c1OC. The second-order valence-corrected chi connectivity index (χ2v) is 9.92. The van der Waals surface area contributed by atoms with Crippen LogP contribution < -0.4 is 19.5 Å². The molecule has 41 heavy (non-hydrogen) atoms. The van der Waals surface area contributed by atoms with Gasteiger partial charge in [0.25, 0.3) is 5.91 Å². The molecule has 2 aliphatic heterocycles. The quantitative estimate of drug-likeness (QED) is 0.462. The Morgan fingerprint density at radius 2 is 1.73 bits per heavy atom. The van der Waals surface area contributed by atoms with Crippen molar-refractivity contribution in [2.45, 2.75) is 25.9 Å². The van der Waals surface area contributed by atoms with Gasteiger partial charge in [0.2, 0.25) is 0 Å².